The number of halogens is 1. The van der Waals surface area contributed by atoms with Gasteiger partial charge in [-0.05, 0) is 36.2 Å². The highest BCUT2D eigenvalue weighted by molar-refractivity contribution is 5.85. The quantitative estimate of drug-likeness (QED) is 0.388. The van der Waals surface area contributed by atoms with Crippen LogP contribution in [-0.4, -0.2) is 30.6 Å². The molecule has 2 aromatic carbocycles. The number of unbranched alkanes of at least 4 members (excludes halogenated alkanes) is 1. The number of ether oxygens (including phenoxy) is 3. The van der Waals surface area contributed by atoms with Crippen LogP contribution in [0.2, 0.25) is 0 Å². The Hall–Kier alpha value is -3.12. The van der Waals surface area contributed by atoms with E-state index in [1.807, 2.05) is 60.7 Å². The molecule has 0 aliphatic heterocycles. The van der Waals surface area contributed by atoms with Crippen LogP contribution in [0.4, 0.5) is 0 Å². The molecule has 3 rings (SSSR count). The maximum atomic E-state index is 12.5. The summed E-state index contributed by atoms with van der Waals surface area (Å²) < 4.78 is 15.5. The molecule has 0 bridgehead atoms. The summed E-state index contributed by atoms with van der Waals surface area (Å²) in [7, 11) is 1.26. The monoisotopic (exact) mass is 457 g/mol. The average Bonchev–Trinajstić information content (AvgIpc) is 2.82. The summed E-state index contributed by atoms with van der Waals surface area (Å²) in [6.07, 6.45) is 2.49. The first-order valence-corrected chi connectivity index (χ1v) is 10.4. The molecule has 3 aromatic rings. The zero-order valence-electron chi connectivity index (χ0n) is 18.3. The van der Waals surface area contributed by atoms with E-state index in [-0.39, 0.29) is 19.0 Å². The molecule has 32 heavy (non-hydrogen) atoms. The molecule has 0 fully saturated rings. The summed E-state index contributed by atoms with van der Waals surface area (Å²) in [5, 5.41) is 1.09. The van der Waals surface area contributed by atoms with Gasteiger partial charge in [0, 0.05) is 5.39 Å². The Morgan fingerprint density at radius 2 is 1.75 bits per heavy atom. The SMILES string of the molecule is CCCCC(C(=O)OCC(=O)OC)c1ccc(OCc2ccc3ccccc3n2)cc1.Cl. The zero-order chi connectivity index (χ0) is 22.1. The largest absolute Gasteiger partial charge is 0.487 e. The van der Waals surface area contributed by atoms with Gasteiger partial charge < -0.3 is 14.2 Å². The predicted molar refractivity (Wildman–Crippen MR) is 125 cm³/mol. The molecule has 0 saturated heterocycles. The maximum Gasteiger partial charge on any atom is 0.344 e. The van der Waals surface area contributed by atoms with Crippen LogP contribution < -0.4 is 4.74 Å². The van der Waals surface area contributed by atoms with E-state index < -0.39 is 17.9 Å². The molecule has 1 heterocycles. The Bertz CT molecular complexity index is 1020. The predicted octanol–water partition coefficient (Wildman–Crippen LogP) is 5.23. The highest BCUT2D eigenvalue weighted by Crippen LogP contribution is 2.26. The number of hydrogen-bond acceptors (Lipinski definition) is 6. The van der Waals surface area contributed by atoms with Crippen molar-refractivity contribution in [1.29, 1.82) is 0 Å². The van der Waals surface area contributed by atoms with Crippen molar-refractivity contribution in [3.8, 4) is 5.75 Å². The lowest BCUT2D eigenvalue weighted by Crippen LogP contribution is -2.21. The van der Waals surface area contributed by atoms with Gasteiger partial charge in [0.25, 0.3) is 0 Å². The molecule has 6 nitrogen and oxygen atoms in total. The Kier molecular flexibility index (Phi) is 9.95. The number of nitrogens with zero attached hydrogens (tertiary/aromatic N) is 1. The first kappa shape index (κ1) is 25.1. The molecule has 0 amide bonds. The third-order valence-corrected chi connectivity index (χ3v) is 5.02. The van der Waals surface area contributed by atoms with Crippen molar-refractivity contribution in [1.82, 2.24) is 4.98 Å². The number of rotatable bonds is 10. The van der Waals surface area contributed by atoms with Gasteiger partial charge in [0.1, 0.15) is 12.4 Å². The van der Waals surface area contributed by atoms with E-state index in [0.717, 1.165) is 35.0 Å². The third-order valence-electron chi connectivity index (χ3n) is 5.02. The summed E-state index contributed by atoms with van der Waals surface area (Å²) in [5.74, 6) is -0.738. The lowest BCUT2D eigenvalue weighted by Gasteiger charge is -2.16. The number of fused-ring (bicyclic) bond motifs is 1. The lowest BCUT2D eigenvalue weighted by molar-refractivity contribution is -0.158. The number of benzene rings is 2. The number of carbonyl (C=O) groups excluding carboxylic acids is 2. The molecule has 1 atom stereocenters. The Morgan fingerprint density at radius 3 is 2.47 bits per heavy atom. The van der Waals surface area contributed by atoms with Gasteiger partial charge in [0.2, 0.25) is 0 Å². The second-order valence-electron chi connectivity index (χ2n) is 7.23. The summed E-state index contributed by atoms with van der Waals surface area (Å²) in [6.45, 7) is 2.04. The van der Waals surface area contributed by atoms with E-state index in [1.165, 1.54) is 7.11 Å². The number of hydrogen-bond donors (Lipinski definition) is 0. The van der Waals surface area contributed by atoms with Gasteiger partial charge in [0.05, 0.1) is 24.2 Å². The molecule has 0 radical (unpaired) electrons. The van der Waals surface area contributed by atoms with Gasteiger partial charge in [-0.15, -0.1) is 12.4 Å². The number of methoxy groups -OCH3 is 1. The molecule has 0 spiro atoms. The molecular formula is C25H28ClNO5. The summed E-state index contributed by atoms with van der Waals surface area (Å²) >= 11 is 0. The Labute approximate surface area is 194 Å². The highest BCUT2D eigenvalue weighted by Gasteiger charge is 2.22. The Morgan fingerprint density at radius 1 is 1.00 bits per heavy atom. The van der Waals surface area contributed by atoms with Crippen molar-refractivity contribution in [2.24, 2.45) is 0 Å². The van der Waals surface area contributed by atoms with Crippen LogP contribution in [0.1, 0.15) is 43.4 Å². The minimum atomic E-state index is -0.575. The first-order chi connectivity index (χ1) is 15.1. The van der Waals surface area contributed by atoms with Crippen molar-refractivity contribution in [3.63, 3.8) is 0 Å². The maximum absolute atomic E-state index is 12.5. The number of para-hydroxylation sites is 1. The summed E-state index contributed by atoms with van der Waals surface area (Å²) in [6, 6.07) is 19.3. The minimum Gasteiger partial charge on any atom is -0.487 e. The van der Waals surface area contributed by atoms with E-state index in [1.54, 1.807) is 0 Å². The smallest absolute Gasteiger partial charge is 0.344 e. The second-order valence-corrected chi connectivity index (χ2v) is 7.23. The van der Waals surface area contributed by atoms with Crippen LogP contribution in [0.15, 0.2) is 60.7 Å². The van der Waals surface area contributed by atoms with Gasteiger partial charge in [-0.3, -0.25) is 4.79 Å². The van der Waals surface area contributed by atoms with Crippen LogP contribution in [0.3, 0.4) is 0 Å². The molecule has 7 heteroatoms. The van der Waals surface area contributed by atoms with E-state index in [0.29, 0.717) is 18.8 Å². The molecule has 0 saturated carbocycles. The van der Waals surface area contributed by atoms with Crippen molar-refractivity contribution >= 4 is 35.2 Å². The van der Waals surface area contributed by atoms with Crippen LogP contribution in [0.25, 0.3) is 10.9 Å². The molecule has 170 valence electrons. The van der Waals surface area contributed by atoms with E-state index >= 15 is 0 Å². The van der Waals surface area contributed by atoms with Crippen LogP contribution in [-0.2, 0) is 25.7 Å². The molecule has 0 aliphatic carbocycles. The van der Waals surface area contributed by atoms with Gasteiger partial charge >= 0.3 is 11.9 Å². The highest BCUT2D eigenvalue weighted by atomic mass is 35.5. The third kappa shape index (κ3) is 6.95. The topological polar surface area (TPSA) is 74.7 Å². The molecular weight excluding hydrogens is 430 g/mol. The fraction of sp³-hybridized carbons (Fsp3) is 0.320. The van der Waals surface area contributed by atoms with Gasteiger partial charge in [0.15, 0.2) is 6.61 Å². The lowest BCUT2D eigenvalue weighted by atomic mass is 9.93. The van der Waals surface area contributed by atoms with Crippen molar-refractivity contribution in [2.45, 2.75) is 38.7 Å². The van der Waals surface area contributed by atoms with Crippen molar-refractivity contribution < 1.29 is 23.8 Å². The minimum absolute atomic E-state index is 0. The van der Waals surface area contributed by atoms with E-state index in [9.17, 15) is 9.59 Å². The van der Waals surface area contributed by atoms with Crippen molar-refractivity contribution in [2.75, 3.05) is 13.7 Å². The average molecular weight is 458 g/mol. The van der Waals surface area contributed by atoms with E-state index in [2.05, 4.69) is 16.6 Å². The zero-order valence-corrected chi connectivity index (χ0v) is 19.1. The number of carbonyl (C=O) groups is 2. The molecule has 1 aromatic heterocycles. The van der Waals surface area contributed by atoms with E-state index in [4.69, 9.17) is 9.47 Å². The van der Waals surface area contributed by atoms with Gasteiger partial charge in [-0.25, -0.2) is 9.78 Å². The molecule has 0 N–H and O–H groups in total. The normalized spacial score (nSPS) is 11.3. The Balaban J connectivity index is 0.00000363. The van der Waals surface area contributed by atoms with Crippen LogP contribution in [0, 0.1) is 0 Å². The molecule has 0 aliphatic rings. The van der Waals surface area contributed by atoms with Gasteiger partial charge in [-0.1, -0.05) is 56.2 Å². The van der Waals surface area contributed by atoms with Crippen molar-refractivity contribution in [3.05, 3.63) is 71.9 Å². The number of esters is 2. The van der Waals surface area contributed by atoms with Crippen LogP contribution >= 0.6 is 12.4 Å². The molecule has 1 unspecified atom stereocenters. The summed E-state index contributed by atoms with van der Waals surface area (Å²) in [5.41, 5.74) is 2.61. The first-order valence-electron chi connectivity index (χ1n) is 10.4. The fourth-order valence-corrected chi connectivity index (χ4v) is 3.26. The second kappa shape index (κ2) is 12.7. The fourth-order valence-electron chi connectivity index (χ4n) is 3.26. The van der Waals surface area contributed by atoms with Crippen LogP contribution in [0.5, 0.6) is 5.75 Å². The summed E-state index contributed by atoms with van der Waals surface area (Å²) in [4.78, 5) is 28.4. The number of pyridine rings is 1. The standard InChI is InChI=1S/C25H27NO5.ClH/c1-3-4-8-22(25(28)31-17-24(27)29-2)18-11-14-21(15-12-18)30-16-20-13-10-19-7-5-6-9-23(19)26-20;/h5-7,9-15,22H,3-4,8,16-17H2,1-2H3;1H. The number of aromatic nitrogens is 1. The van der Waals surface area contributed by atoms with Gasteiger partial charge in [-0.2, -0.15) is 0 Å².